The molecule has 26 heavy (non-hydrogen) atoms. The third kappa shape index (κ3) is 2.97. The van der Waals surface area contributed by atoms with Crippen molar-refractivity contribution in [2.24, 2.45) is 0 Å². The number of alkyl carbamates (subject to hydrolysis) is 1. The lowest BCUT2D eigenvalue weighted by Crippen LogP contribution is -2.39. The summed E-state index contributed by atoms with van der Waals surface area (Å²) in [6, 6.07) is 3.84. The molecule has 132 valence electrons. The van der Waals surface area contributed by atoms with Crippen molar-refractivity contribution in [3.8, 4) is 6.07 Å². The second-order valence-electron chi connectivity index (χ2n) is 6.09. The van der Waals surface area contributed by atoms with Gasteiger partial charge in [0.05, 0.1) is 24.2 Å². The lowest BCUT2D eigenvalue weighted by atomic mass is 10.1. The standard InChI is InChI=1S/C17H17N7O2/c18-4-6-20-17(25)26-11-2-7-24(8-3-11)14-10-22-23-13-9-21-16-12(15(13)14)1-5-19-16/h1,5,9-11H,2-3,6-8H2,(H,19,21)(H,20,25). The molecule has 9 heteroatoms. The van der Waals surface area contributed by atoms with Crippen LogP contribution in [0.1, 0.15) is 12.8 Å². The van der Waals surface area contributed by atoms with Crippen LogP contribution in [0.4, 0.5) is 10.5 Å². The van der Waals surface area contributed by atoms with Crippen molar-refractivity contribution in [2.45, 2.75) is 18.9 Å². The molecule has 3 aromatic heterocycles. The van der Waals surface area contributed by atoms with Gasteiger partial charge in [-0.3, -0.25) is 0 Å². The van der Waals surface area contributed by atoms with Gasteiger partial charge in [0.15, 0.2) is 0 Å². The fourth-order valence-corrected chi connectivity index (χ4v) is 3.31. The van der Waals surface area contributed by atoms with E-state index >= 15 is 0 Å². The molecule has 0 spiro atoms. The minimum Gasteiger partial charge on any atom is -0.446 e. The number of nitriles is 1. The highest BCUT2D eigenvalue weighted by Gasteiger charge is 2.24. The number of hydrogen-bond acceptors (Lipinski definition) is 7. The van der Waals surface area contributed by atoms with E-state index in [4.69, 9.17) is 10.00 Å². The number of piperidine rings is 1. The quantitative estimate of drug-likeness (QED) is 0.689. The van der Waals surface area contributed by atoms with Crippen molar-refractivity contribution >= 4 is 33.7 Å². The molecule has 9 nitrogen and oxygen atoms in total. The van der Waals surface area contributed by atoms with Crippen LogP contribution in [0.3, 0.4) is 0 Å². The van der Waals surface area contributed by atoms with Gasteiger partial charge in [0.2, 0.25) is 0 Å². The molecule has 0 saturated carbocycles. The lowest BCUT2D eigenvalue weighted by Gasteiger charge is -2.33. The minimum absolute atomic E-state index is 0.0486. The van der Waals surface area contributed by atoms with Gasteiger partial charge in [-0.25, -0.2) is 9.78 Å². The Labute approximate surface area is 149 Å². The number of hydrogen-bond donors (Lipinski definition) is 2. The van der Waals surface area contributed by atoms with Gasteiger partial charge in [-0.2, -0.15) is 10.4 Å². The molecule has 1 amide bonds. The molecular weight excluding hydrogens is 334 g/mol. The summed E-state index contributed by atoms with van der Waals surface area (Å²) < 4.78 is 5.35. The number of nitrogens with zero attached hydrogens (tertiary/aromatic N) is 5. The Morgan fingerprint density at radius 1 is 1.42 bits per heavy atom. The predicted octanol–water partition coefficient (Wildman–Crippen LogP) is 1.72. The Morgan fingerprint density at radius 3 is 3.08 bits per heavy atom. The van der Waals surface area contributed by atoms with Crippen LogP contribution < -0.4 is 10.2 Å². The Balaban J connectivity index is 1.52. The molecule has 0 aliphatic carbocycles. The van der Waals surface area contributed by atoms with E-state index in [0.29, 0.717) is 12.8 Å². The molecular formula is C17H17N7O2. The number of nitrogens with one attached hydrogen (secondary N) is 2. The van der Waals surface area contributed by atoms with E-state index in [1.807, 2.05) is 18.3 Å². The monoisotopic (exact) mass is 351 g/mol. The lowest BCUT2D eigenvalue weighted by molar-refractivity contribution is 0.0841. The molecule has 1 aliphatic heterocycles. The zero-order valence-electron chi connectivity index (χ0n) is 14.0. The zero-order chi connectivity index (χ0) is 17.9. The van der Waals surface area contributed by atoms with Crippen molar-refractivity contribution in [3.63, 3.8) is 0 Å². The number of carbonyl (C=O) groups is 1. The number of carbonyl (C=O) groups excluding carboxylic acids is 1. The number of aromatic amines is 1. The summed E-state index contributed by atoms with van der Waals surface area (Å²) in [5, 5.41) is 21.2. The number of anilines is 1. The van der Waals surface area contributed by atoms with Crippen LogP contribution in [0.5, 0.6) is 0 Å². The molecule has 1 saturated heterocycles. The first-order valence-electron chi connectivity index (χ1n) is 8.40. The van der Waals surface area contributed by atoms with E-state index in [-0.39, 0.29) is 12.6 Å². The predicted molar refractivity (Wildman–Crippen MR) is 94.5 cm³/mol. The molecule has 1 aliphatic rings. The van der Waals surface area contributed by atoms with Crippen LogP contribution in [0.15, 0.2) is 24.7 Å². The van der Waals surface area contributed by atoms with Gasteiger partial charge in [-0.15, -0.1) is 5.10 Å². The van der Waals surface area contributed by atoms with Crippen molar-refractivity contribution in [1.82, 2.24) is 25.5 Å². The molecule has 0 radical (unpaired) electrons. The number of ether oxygens (including phenoxy) is 1. The molecule has 3 aromatic rings. The summed E-state index contributed by atoms with van der Waals surface area (Å²) in [5.74, 6) is 0. The van der Waals surface area contributed by atoms with Gasteiger partial charge in [-0.1, -0.05) is 0 Å². The van der Waals surface area contributed by atoms with Crippen LogP contribution in [-0.2, 0) is 4.74 Å². The van der Waals surface area contributed by atoms with Gasteiger partial charge < -0.3 is 19.9 Å². The van der Waals surface area contributed by atoms with Crippen molar-refractivity contribution in [1.29, 1.82) is 5.26 Å². The summed E-state index contributed by atoms with van der Waals surface area (Å²) in [6.07, 6.45) is 6.09. The van der Waals surface area contributed by atoms with Gasteiger partial charge >= 0.3 is 6.09 Å². The summed E-state index contributed by atoms with van der Waals surface area (Å²) in [4.78, 5) is 21.3. The van der Waals surface area contributed by atoms with Crippen molar-refractivity contribution < 1.29 is 9.53 Å². The zero-order valence-corrected chi connectivity index (χ0v) is 14.0. The summed E-state index contributed by atoms with van der Waals surface area (Å²) >= 11 is 0. The first kappa shape index (κ1) is 16.1. The Morgan fingerprint density at radius 2 is 2.27 bits per heavy atom. The smallest absolute Gasteiger partial charge is 0.408 e. The molecule has 4 rings (SSSR count). The third-order valence-electron chi connectivity index (χ3n) is 4.54. The number of fused-ring (bicyclic) bond motifs is 3. The normalized spacial score (nSPS) is 15.1. The number of rotatable bonds is 3. The number of H-pyrrole nitrogens is 1. The average Bonchev–Trinajstić information content (AvgIpc) is 3.15. The van der Waals surface area contributed by atoms with Crippen molar-refractivity contribution in [3.05, 3.63) is 24.7 Å². The molecule has 0 bridgehead atoms. The Bertz CT molecular complexity index is 986. The summed E-state index contributed by atoms with van der Waals surface area (Å²) in [7, 11) is 0. The molecule has 2 N–H and O–H groups in total. The number of pyridine rings is 1. The SMILES string of the molecule is N#CCNC(=O)OC1CCN(c2cnnc3cnc4[nH]ccc4c23)CC1. The molecule has 1 fully saturated rings. The largest absolute Gasteiger partial charge is 0.446 e. The first-order valence-corrected chi connectivity index (χ1v) is 8.40. The van der Waals surface area contributed by atoms with Crippen LogP contribution in [0.25, 0.3) is 21.9 Å². The number of amides is 1. The van der Waals surface area contributed by atoms with Gasteiger partial charge in [-0.05, 0) is 6.07 Å². The maximum absolute atomic E-state index is 11.6. The maximum atomic E-state index is 11.6. The third-order valence-corrected chi connectivity index (χ3v) is 4.54. The maximum Gasteiger partial charge on any atom is 0.408 e. The molecule has 0 unspecified atom stereocenters. The highest BCUT2D eigenvalue weighted by molar-refractivity contribution is 6.09. The van der Waals surface area contributed by atoms with Crippen LogP contribution >= 0.6 is 0 Å². The summed E-state index contributed by atoms with van der Waals surface area (Å²) in [6.45, 7) is 1.43. The highest BCUT2D eigenvalue weighted by Crippen LogP contribution is 2.32. The highest BCUT2D eigenvalue weighted by atomic mass is 16.6. The van der Waals surface area contributed by atoms with E-state index in [9.17, 15) is 4.79 Å². The second kappa shape index (κ2) is 6.84. The fraction of sp³-hybridized carbons (Fsp3) is 0.353. The van der Waals surface area contributed by atoms with Crippen LogP contribution in [0.2, 0.25) is 0 Å². The van der Waals surface area contributed by atoms with Crippen LogP contribution in [-0.4, -0.2) is 52.0 Å². The first-order chi connectivity index (χ1) is 12.8. The summed E-state index contributed by atoms with van der Waals surface area (Å²) in [5.41, 5.74) is 2.58. The van der Waals surface area contributed by atoms with E-state index in [0.717, 1.165) is 40.7 Å². The Kier molecular flexibility index (Phi) is 4.23. The molecule has 4 heterocycles. The Hall–Kier alpha value is -3.41. The average molecular weight is 351 g/mol. The van der Waals surface area contributed by atoms with Gasteiger partial charge in [0, 0.05) is 42.9 Å². The van der Waals surface area contributed by atoms with E-state index in [1.54, 1.807) is 12.4 Å². The molecule has 0 atom stereocenters. The van der Waals surface area contributed by atoms with Gasteiger partial charge in [0.1, 0.15) is 23.8 Å². The van der Waals surface area contributed by atoms with E-state index in [1.165, 1.54) is 0 Å². The number of aromatic nitrogens is 4. The van der Waals surface area contributed by atoms with Crippen molar-refractivity contribution in [2.75, 3.05) is 24.5 Å². The fourth-order valence-electron chi connectivity index (χ4n) is 3.31. The van der Waals surface area contributed by atoms with E-state index < -0.39 is 6.09 Å². The second-order valence-corrected chi connectivity index (χ2v) is 6.09. The van der Waals surface area contributed by atoms with Gasteiger partial charge in [0.25, 0.3) is 0 Å². The molecule has 0 aromatic carbocycles. The van der Waals surface area contributed by atoms with E-state index in [2.05, 4.69) is 30.4 Å². The minimum atomic E-state index is -0.541. The topological polar surface area (TPSA) is 120 Å². The van der Waals surface area contributed by atoms with Crippen LogP contribution in [0, 0.1) is 11.3 Å².